The van der Waals surface area contributed by atoms with Crippen molar-refractivity contribution in [3.8, 4) is 0 Å². The lowest BCUT2D eigenvalue weighted by Gasteiger charge is -2.24. The Morgan fingerprint density at radius 2 is 2.17 bits per heavy atom. The summed E-state index contributed by atoms with van der Waals surface area (Å²) in [5, 5.41) is 6.32. The number of hydrogen-bond acceptors (Lipinski definition) is 5. The topological polar surface area (TPSA) is 81.4 Å². The van der Waals surface area contributed by atoms with E-state index in [0.29, 0.717) is 5.69 Å². The van der Waals surface area contributed by atoms with Gasteiger partial charge in [0.15, 0.2) is 6.61 Å². The highest BCUT2D eigenvalue weighted by Crippen LogP contribution is 2.07. The van der Waals surface area contributed by atoms with E-state index < -0.39 is 5.97 Å². The van der Waals surface area contributed by atoms with E-state index in [1.54, 1.807) is 6.92 Å². The minimum Gasteiger partial charge on any atom is -0.450 e. The number of aryl methyl sites for hydroxylation is 1. The summed E-state index contributed by atoms with van der Waals surface area (Å²) >= 11 is 0. The Balaban J connectivity index is 2.42. The first-order valence-corrected chi connectivity index (χ1v) is 5.75. The van der Waals surface area contributed by atoms with Crippen LogP contribution in [0.15, 0.2) is 10.6 Å². The number of nitrogens with one attached hydrogen (secondary N) is 1. The number of nitrogens with zero attached hydrogens (tertiary/aromatic N) is 1. The molecule has 0 aliphatic carbocycles. The molecule has 0 atom stereocenters. The van der Waals surface area contributed by atoms with E-state index in [1.165, 1.54) is 6.07 Å². The molecule has 1 heterocycles. The first-order chi connectivity index (χ1) is 8.34. The molecule has 1 aromatic rings. The van der Waals surface area contributed by atoms with E-state index >= 15 is 0 Å². The van der Waals surface area contributed by atoms with E-state index in [1.807, 2.05) is 20.8 Å². The van der Waals surface area contributed by atoms with Gasteiger partial charge in [0.05, 0.1) is 5.69 Å². The van der Waals surface area contributed by atoms with Crippen molar-refractivity contribution in [3.05, 3.63) is 17.5 Å². The predicted molar refractivity (Wildman–Crippen MR) is 64.0 cm³/mol. The SMILES string of the molecule is CCC(C)(C)NC(=O)COC(=O)c1cc(C)no1. The van der Waals surface area contributed by atoms with Gasteiger partial charge in [-0.15, -0.1) is 0 Å². The van der Waals surface area contributed by atoms with Crippen molar-refractivity contribution >= 4 is 11.9 Å². The highest BCUT2D eigenvalue weighted by molar-refractivity contribution is 5.88. The van der Waals surface area contributed by atoms with Crippen molar-refractivity contribution in [1.82, 2.24) is 10.5 Å². The Hall–Kier alpha value is -1.85. The Kier molecular flexibility index (Phi) is 4.47. The first kappa shape index (κ1) is 14.2. The largest absolute Gasteiger partial charge is 0.450 e. The number of esters is 1. The van der Waals surface area contributed by atoms with Crippen LogP contribution in [0.5, 0.6) is 0 Å². The van der Waals surface area contributed by atoms with Gasteiger partial charge in [0.2, 0.25) is 5.76 Å². The third-order valence-corrected chi connectivity index (χ3v) is 2.53. The fraction of sp³-hybridized carbons (Fsp3) is 0.583. The summed E-state index contributed by atoms with van der Waals surface area (Å²) in [6.45, 7) is 7.11. The van der Waals surface area contributed by atoms with Gasteiger partial charge in [0, 0.05) is 11.6 Å². The Bertz CT molecular complexity index is 437. The third-order valence-electron chi connectivity index (χ3n) is 2.53. The van der Waals surface area contributed by atoms with Crippen LogP contribution >= 0.6 is 0 Å². The molecule has 0 aromatic carbocycles. The van der Waals surface area contributed by atoms with E-state index in [-0.39, 0.29) is 23.8 Å². The molecule has 0 saturated heterocycles. The highest BCUT2D eigenvalue weighted by Gasteiger charge is 2.20. The molecule has 0 saturated carbocycles. The van der Waals surface area contributed by atoms with Crippen LogP contribution in [0.1, 0.15) is 43.4 Å². The second-order valence-corrected chi connectivity index (χ2v) is 4.69. The highest BCUT2D eigenvalue weighted by atomic mass is 16.6. The number of carbonyl (C=O) groups excluding carboxylic acids is 2. The van der Waals surface area contributed by atoms with Crippen molar-refractivity contribution in [3.63, 3.8) is 0 Å². The lowest BCUT2D eigenvalue weighted by atomic mass is 10.0. The van der Waals surface area contributed by atoms with Crippen LogP contribution in [-0.2, 0) is 9.53 Å². The molecule has 0 fully saturated rings. The first-order valence-electron chi connectivity index (χ1n) is 5.75. The summed E-state index contributed by atoms with van der Waals surface area (Å²) in [4.78, 5) is 23.0. The van der Waals surface area contributed by atoms with Gasteiger partial charge in [-0.25, -0.2) is 4.79 Å². The summed E-state index contributed by atoms with van der Waals surface area (Å²) < 4.78 is 9.53. The van der Waals surface area contributed by atoms with Crippen molar-refractivity contribution < 1.29 is 18.8 Å². The Labute approximate surface area is 106 Å². The molecule has 0 aliphatic rings. The van der Waals surface area contributed by atoms with Crippen molar-refractivity contribution in [2.75, 3.05) is 6.61 Å². The standard InChI is InChI=1S/C12H18N2O4/c1-5-12(3,4)13-10(15)7-17-11(16)9-6-8(2)14-18-9/h6H,5,7H2,1-4H3,(H,13,15). The molecule has 0 radical (unpaired) electrons. The molecule has 1 N–H and O–H groups in total. The number of rotatable bonds is 5. The average molecular weight is 254 g/mol. The molecular formula is C12H18N2O4. The molecule has 100 valence electrons. The molecule has 6 nitrogen and oxygen atoms in total. The summed E-state index contributed by atoms with van der Waals surface area (Å²) in [6.07, 6.45) is 0.786. The maximum atomic E-state index is 11.5. The van der Waals surface area contributed by atoms with Crippen LogP contribution in [0, 0.1) is 6.92 Å². The van der Waals surface area contributed by atoms with E-state index in [0.717, 1.165) is 6.42 Å². The zero-order valence-corrected chi connectivity index (χ0v) is 11.1. The van der Waals surface area contributed by atoms with Gasteiger partial charge < -0.3 is 14.6 Å². The normalized spacial score (nSPS) is 11.1. The summed E-state index contributed by atoms with van der Waals surface area (Å²) in [5.41, 5.74) is 0.269. The fourth-order valence-electron chi connectivity index (χ4n) is 1.16. The lowest BCUT2D eigenvalue weighted by Crippen LogP contribution is -2.44. The average Bonchev–Trinajstić information content (AvgIpc) is 2.72. The van der Waals surface area contributed by atoms with Crippen molar-refractivity contribution in [1.29, 1.82) is 0 Å². The van der Waals surface area contributed by atoms with Crippen LogP contribution in [0.25, 0.3) is 0 Å². The number of hydrogen-bond donors (Lipinski definition) is 1. The molecule has 1 amide bonds. The molecule has 0 bridgehead atoms. The Morgan fingerprint density at radius 3 is 2.67 bits per heavy atom. The second kappa shape index (κ2) is 5.66. The number of carbonyl (C=O) groups is 2. The maximum absolute atomic E-state index is 11.5. The van der Waals surface area contributed by atoms with Crippen LogP contribution in [-0.4, -0.2) is 29.2 Å². The van der Waals surface area contributed by atoms with Gasteiger partial charge in [-0.3, -0.25) is 4.79 Å². The fourth-order valence-corrected chi connectivity index (χ4v) is 1.16. The maximum Gasteiger partial charge on any atom is 0.377 e. The number of aromatic nitrogens is 1. The van der Waals surface area contributed by atoms with Gasteiger partial charge in [-0.05, 0) is 27.2 Å². The van der Waals surface area contributed by atoms with Gasteiger partial charge in [-0.1, -0.05) is 12.1 Å². The molecule has 18 heavy (non-hydrogen) atoms. The predicted octanol–water partition coefficient (Wildman–Crippen LogP) is 1.44. The monoisotopic (exact) mass is 254 g/mol. The minimum atomic E-state index is -0.694. The van der Waals surface area contributed by atoms with Gasteiger partial charge in [0.1, 0.15) is 0 Å². The lowest BCUT2D eigenvalue weighted by molar-refractivity contribution is -0.125. The zero-order valence-electron chi connectivity index (χ0n) is 11.1. The molecule has 0 unspecified atom stereocenters. The quantitative estimate of drug-likeness (QED) is 0.804. The van der Waals surface area contributed by atoms with E-state index in [4.69, 9.17) is 9.26 Å². The third kappa shape index (κ3) is 4.20. The van der Waals surface area contributed by atoms with Gasteiger partial charge >= 0.3 is 5.97 Å². The Morgan fingerprint density at radius 1 is 1.50 bits per heavy atom. The van der Waals surface area contributed by atoms with Crippen LogP contribution in [0.2, 0.25) is 0 Å². The van der Waals surface area contributed by atoms with Crippen molar-refractivity contribution in [2.45, 2.75) is 39.7 Å². The molecule has 0 aliphatic heterocycles. The van der Waals surface area contributed by atoms with Crippen LogP contribution in [0.4, 0.5) is 0 Å². The van der Waals surface area contributed by atoms with E-state index in [9.17, 15) is 9.59 Å². The van der Waals surface area contributed by atoms with E-state index in [2.05, 4.69) is 10.5 Å². The molecule has 1 rings (SSSR count). The summed E-state index contributed by atoms with van der Waals surface area (Å²) in [5.74, 6) is -1.04. The van der Waals surface area contributed by atoms with Crippen molar-refractivity contribution in [2.24, 2.45) is 0 Å². The molecule has 6 heteroatoms. The second-order valence-electron chi connectivity index (χ2n) is 4.69. The van der Waals surface area contributed by atoms with Gasteiger partial charge in [-0.2, -0.15) is 0 Å². The smallest absolute Gasteiger partial charge is 0.377 e. The number of amides is 1. The summed E-state index contributed by atoms with van der Waals surface area (Å²) in [7, 11) is 0. The van der Waals surface area contributed by atoms with Crippen LogP contribution < -0.4 is 5.32 Å². The molecule has 1 aromatic heterocycles. The molecular weight excluding hydrogens is 236 g/mol. The number of ether oxygens (including phenoxy) is 1. The molecule has 0 spiro atoms. The minimum absolute atomic E-state index is 0.00458. The summed E-state index contributed by atoms with van der Waals surface area (Å²) in [6, 6.07) is 1.45. The van der Waals surface area contributed by atoms with Gasteiger partial charge in [0.25, 0.3) is 5.91 Å². The van der Waals surface area contributed by atoms with Crippen LogP contribution in [0.3, 0.4) is 0 Å². The zero-order chi connectivity index (χ0) is 13.8.